The van der Waals surface area contributed by atoms with Gasteiger partial charge in [0, 0.05) is 5.56 Å². The van der Waals surface area contributed by atoms with Crippen LogP contribution in [0.3, 0.4) is 0 Å². The average molecular weight is 279 g/mol. The van der Waals surface area contributed by atoms with Gasteiger partial charge in [-0.25, -0.2) is 4.79 Å². The molecule has 0 bridgehead atoms. The second-order valence-corrected chi connectivity index (χ2v) is 5.07. The molecule has 3 N–H and O–H groups in total. The van der Waals surface area contributed by atoms with Crippen molar-refractivity contribution in [1.29, 1.82) is 0 Å². The molecular formula is C15H21NO4. The van der Waals surface area contributed by atoms with Crippen LogP contribution in [-0.4, -0.2) is 34.2 Å². The Balaban J connectivity index is 2.82. The summed E-state index contributed by atoms with van der Waals surface area (Å²) in [6.45, 7) is 5.40. The van der Waals surface area contributed by atoms with E-state index >= 15 is 0 Å². The fourth-order valence-electron chi connectivity index (χ4n) is 1.79. The number of carbonyl (C=O) groups is 2. The highest BCUT2D eigenvalue weighted by atomic mass is 16.4. The van der Waals surface area contributed by atoms with E-state index in [0.717, 1.165) is 12.0 Å². The van der Waals surface area contributed by atoms with Crippen LogP contribution in [0.4, 0.5) is 0 Å². The molecule has 2 atom stereocenters. The number of aliphatic hydroxyl groups is 1. The maximum Gasteiger partial charge on any atom is 0.328 e. The summed E-state index contributed by atoms with van der Waals surface area (Å²) in [5.74, 6) is -2.01. The predicted molar refractivity (Wildman–Crippen MR) is 75.6 cm³/mol. The van der Waals surface area contributed by atoms with Crippen LogP contribution in [-0.2, 0) is 11.2 Å². The quantitative estimate of drug-likeness (QED) is 0.735. The van der Waals surface area contributed by atoms with Gasteiger partial charge in [-0.3, -0.25) is 4.79 Å². The number of carbonyl (C=O) groups excluding carboxylic acids is 1. The Kier molecular flexibility index (Phi) is 5.70. The van der Waals surface area contributed by atoms with E-state index < -0.39 is 24.0 Å². The maximum atomic E-state index is 12.0. The van der Waals surface area contributed by atoms with Gasteiger partial charge in [0.15, 0.2) is 6.04 Å². The molecule has 0 heterocycles. The molecule has 0 fully saturated rings. The number of aliphatic carboxylic acids is 1. The molecular weight excluding hydrogens is 258 g/mol. The molecule has 1 aromatic carbocycles. The smallest absolute Gasteiger partial charge is 0.328 e. The molecule has 0 aliphatic rings. The Labute approximate surface area is 118 Å². The van der Waals surface area contributed by atoms with Gasteiger partial charge in [0.1, 0.15) is 0 Å². The Hall–Kier alpha value is -1.88. The molecule has 0 radical (unpaired) electrons. The van der Waals surface area contributed by atoms with Crippen molar-refractivity contribution in [2.24, 2.45) is 5.92 Å². The fraction of sp³-hybridized carbons (Fsp3) is 0.467. The lowest BCUT2D eigenvalue weighted by Crippen LogP contribution is -2.50. The van der Waals surface area contributed by atoms with Crippen LogP contribution in [0.15, 0.2) is 24.3 Å². The molecule has 2 unspecified atom stereocenters. The lowest BCUT2D eigenvalue weighted by atomic mass is 9.99. The minimum absolute atomic E-state index is 0.265. The molecule has 0 aliphatic carbocycles. The van der Waals surface area contributed by atoms with E-state index in [2.05, 4.69) is 5.32 Å². The third-order valence-electron chi connectivity index (χ3n) is 3.20. The summed E-state index contributed by atoms with van der Waals surface area (Å²) in [7, 11) is 0. The lowest BCUT2D eigenvalue weighted by Gasteiger charge is -2.23. The van der Waals surface area contributed by atoms with Crippen LogP contribution >= 0.6 is 0 Å². The highest BCUT2D eigenvalue weighted by molar-refractivity contribution is 5.96. The van der Waals surface area contributed by atoms with Crippen LogP contribution in [0, 0.1) is 5.92 Å². The number of benzene rings is 1. The van der Waals surface area contributed by atoms with Crippen molar-refractivity contribution in [3.63, 3.8) is 0 Å². The first-order valence-corrected chi connectivity index (χ1v) is 6.67. The molecule has 20 heavy (non-hydrogen) atoms. The van der Waals surface area contributed by atoms with Crippen molar-refractivity contribution in [2.75, 3.05) is 0 Å². The van der Waals surface area contributed by atoms with Crippen molar-refractivity contribution in [3.8, 4) is 0 Å². The zero-order valence-electron chi connectivity index (χ0n) is 12.0. The highest BCUT2D eigenvalue weighted by Crippen LogP contribution is 2.09. The van der Waals surface area contributed by atoms with Gasteiger partial charge in [-0.05, 0) is 30.0 Å². The topological polar surface area (TPSA) is 86.6 Å². The molecule has 0 saturated carbocycles. The Morgan fingerprint density at radius 3 is 2.15 bits per heavy atom. The largest absolute Gasteiger partial charge is 0.480 e. The number of amides is 1. The molecule has 110 valence electrons. The second-order valence-electron chi connectivity index (χ2n) is 5.07. The first kappa shape index (κ1) is 16.2. The minimum atomic E-state index is -1.31. The van der Waals surface area contributed by atoms with Crippen LogP contribution in [0.1, 0.15) is 36.7 Å². The van der Waals surface area contributed by atoms with Gasteiger partial charge >= 0.3 is 5.97 Å². The Morgan fingerprint density at radius 2 is 1.75 bits per heavy atom. The van der Waals surface area contributed by atoms with Crippen LogP contribution in [0.25, 0.3) is 0 Å². The van der Waals surface area contributed by atoms with E-state index in [4.69, 9.17) is 5.11 Å². The fourth-order valence-corrected chi connectivity index (χ4v) is 1.79. The van der Waals surface area contributed by atoms with Crippen LogP contribution in [0.2, 0.25) is 0 Å². The highest BCUT2D eigenvalue weighted by Gasteiger charge is 2.30. The van der Waals surface area contributed by atoms with Gasteiger partial charge in [-0.1, -0.05) is 32.9 Å². The third-order valence-corrected chi connectivity index (χ3v) is 3.20. The minimum Gasteiger partial charge on any atom is -0.480 e. The summed E-state index contributed by atoms with van der Waals surface area (Å²) in [6.07, 6.45) is -0.266. The summed E-state index contributed by atoms with van der Waals surface area (Å²) in [6, 6.07) is 5.63. The van der Waals surface area contributed by atoms with Crippen molar-refractivity contribution in [2.45, 2.75) is 39.3 Å². The summed E-state index contributed by atoms with van der Waals surface area (Å²) in [5, 5.41) is 21.3. The van der Waals surface area contributed by atoms with Gasteiger partial charge in [-0.2, -0.15) is 0 Å². The number of aliphatic hydroxyl groups excluding tert-OH is 1. The number of rotatable bonds is 6. The zero-order valence-corrected chi connectivity index (χ0v) is 12.0. The van der Waals surface area contributed by atoms with Gasteiger partial charge in [-0.15, -0.1) is 0 Å². The van der Waals surface area contributed by atoms with E-state index in [9.17, 15) is 14.7 Å². The van der Waals surface area contributed by atoms with Crippen molar-refractivity contribution in [1.82, 2.24) is 5.32 Å². The standard InChI is InChI=1S/C15H21NO4/c1-4-10-5-7-11(8-6-10)14(18)16-12(15(19)20)13(17)9(2)3/h5-9,12-13,17H,4H2,1-3H3,(H,16,18)(H,19,20). The average Bonchev–Trinajstić information content (AvgIpc) is 2.43. The molecule has 1 rings (SSSR count). The summed E-state index contributed by atoms with van der Waals surface area (Å²) >= 11 is 0. The Morgan fingerprint density at radius 1 is 1.20 bits per heavy atom. The summed E-state index contributed by atoms with van der Waals surface area (Å²) in [4.78, 5) is 23.1. The lowest BCUT2D eigenvalue weighted by molar-refractivity contribution is -0.143. The molecule has 5 nitrogen and oxygen atoms in total. The normalized spacial score (nSPS) is 13.8. The second kappa shape index (κ2) is 7.05. The third kappa shape index (κ3) is 4.06. The summed E-state index contributed by atoms with van der Waals surface area (Å²) < 4.78 is 0. The molecule has 1 aromatic rings. The van der Waals surface area contributed by atoms with E-state index in [-0.39, 0.29) is 5.92 Å². The van der Waals surface area contributed by atoms with Crippen molar-refractivity contribution < 1.29 is 19.8 Å². The van der Waals surface area contributed by atoms with Crippen LogP contribution in [0.5, 0.6) is 0 Å². The monoisotopic (exact) mass is 279 g/mol. The number of nitrogens with one attached hydrogen (secondary N) is 1. The summed E-state index contributed by atoms with van der Waals surface area (Å²) in [5.41, 5.74) is 1.47. The maximum absolute atomic E-state index is 12.0. The molecule has 0 spiro atoms. The SMILES string of the molecule is CCc1ccc(C(=O)NC(C(=O)O)C(O)C(C)C)cc1. The molecule has 0 aliphatic heterocycles. The number of carboxylic acids is 1. The van der Waals surface area contributed by atoms with Gasteiger partial charge in [0.2, 0.25) is 0 Å². The van der Waals surface area contributed by atoms with Gasteiger partial charge in [0.05, 0.1) is 6.10 Å². The van der Waals surface area contributed by atoms with Gasteiger partial charge < -0.3 is 15.5 Å². The van der Waals surface area contributed by atoms with Gasteiger partial charge in [0.25, 0.3) is 5.91 Å². The predicted octanol–water partition coefficient (Wildman–Crippen LogP) is 1.45. The van der Waals surface area contributed by atoms with E-state index in [1.165, 1.54) is 0 Å². The number of hydrogen-bond acceptors (Lipinski definition) is 3. The molecule has 1 amide bonds. The molecule has 0 saturated heterocycles. The number of hydrogen-bond donors (Lipinski definition) is 3. The van der Waals surface area contributed by atoms with Crippen molar-refractivity contribution in [3.05, 3.63) is 35.4 Å². The van der Waals surface area contributed by atoms with E-state index in [0.29, 0.717) is 5.56 Å². The zero-order chi connectivity index (χ0) is 15.3. The van der Waals surface area contributed by atoms with Crippen LogP contribution < -0.4 is 5.32 Å². The first-order valence-electron chi connectivity index (χ1n) is 6.67. The number of carboxylic acid groups (broad SMARTS) is 1. The Bertz CT molecular complexity index is 467. The number of aryl methyl sites for hydroxylation is 1. The molecule has 0 aromatic heterocycles. The first-order chi connectivity index (χ1) is 9.36. The molecule has 5 heteroatoms. The van der Waals surface area contributed by atoms with Crippen molar-refractivity contribution >= 4 is 11.9 Å². The van der Waals surface area contributed by atoms with E-state index in [1.54, 1.807) is 26.0 Å². The van der Waals surface area contributed by atoms with E-state index in [1.807, 2.05) is 19.1 Å².